The van der Waals surface area contributed by atoms with Crippen molar-refractivity contribution in [2.45, 2.75) is 19.0 Å². The van der Waals surface area contributed by atoms with Crippen molar-refractivity contribution in [1.82, 2.24) is 24.5 Å². The van der Waals surface area contributed by atoms with E-state index in [0.29, 0.717) is 28.2 Å². The molecule has 0 aliphatic heterocycles. The first-order valence-electron chi connectivity index (χ1n) is 9.02. The lowest BCUT2D eigenvalue weighted by molar-refractivity contribution is 0.324. The number of aromatic nitrogens is 4. The van der Waals surface area contributed by atoms with Gasteiger partial charge in [0.1, 0.15) is 11.6 Å². The number of rotatable bonds is 9. The minimum Gasteiger partial charge on any atom is -0.494 e. The summed E-state index contributed by atoms with van der Waals surface area (Å²) in [5.41, 5.74) is 6.88. The van der Waals surface area contributed by atoms with Gasteiger partial charge >= 0.3 is 0 Å². The first-order valence-corrected chi connectivity index (χ1v) is 10.0. The highest BCUT2D eigenvalue weighted by Gasteiger charge is 2.14. The molecule has 28 heavy (non-hydrogen) atoms. The highest BCUT2D eigenvalue weighted by Crippen LogP contribution is 2.31. The smallest absolute Gasteiger partial charge is 0.233 e. The average Bonchev–Trinajstić information content (AvgIpc) is 3.17. The summed E-state index contributed by atoms with van der Waals surface area (Å²) in [7, 11) is 1.47. The molecule has 0 unspecified atom stereocenters. The Morgan fingerprint density at radius 1 is 1.29 bits per heavy atom. The average molecular weight is 406 g/mol. The predicted octanol–water partition coefficient (Wildman–Crippen LogP) is 3.03. The Morgan fingerprint density at radius 2 is 2.07 bits per heavy atom. The molecule has 10 heteroatoms. The van der Waals surface area contributed by atoms with Gasteiger partial charge in [0.25, 0.3) is 0 Å². The Hall–Kier alpha value is -2.59. The molecule has 2 heterocycles. The molecule has 3 aromatic rings. The molecule has 0 bridgehead atoms. The van der Waals surface area contributed by atoms with E-state index in [2.05, 4.69) is 39.1 Å². The lowest BCUT2D eigenvalue weighted by Gasteiger charge is -2.17. The number of methoxy groups -OCH3 is 1. The van der Waals surface area contributed by atoms with Crippen LogP contribution < -0.4 is 15.8 Å². The number of halogens is 1. The third-order valence-corrected chi connectivity index (χ3v) is 5.16. The van der Waals surface area contributed by atoms with Crippen LogP contribution in [-0.2, 0) is 0 Å². The quantitative estimate of drug-likeness (QED) is 0.414. The molecule has 0 aliphatic carbocycles. The third kappa shape index (κ3) is 4.45. The van der Waals surface area contributed by atoms with Crippen molar-refractivity contribution < 1.29 is 9.13 Å². The number of hydrogen-bond donors (Lipinski definition) is 2. The molecule has 2 aromatic heterocycles. The van der Waals surface area contributed by atoms with Crippen molar-refractivity contribution >= 4 is 34.7 Å². The molecule has 8 nitrogen and oxygen atoms in total. The van der Waals surface area contributed by atoms with Crippen LogP contribution in [0, 0.1) is 5.82 Å². The van der Waals surface area contributed by atoms with Gasteiger partial charge in [0.05, 0.1) is 24.7 Å². The number of fused-ring (bicyclic) bond motifs is 1. The van der Waals surface area contributed by atoms with E-state index in [9.17, 15) is 4.39 Å². The minimum absolute atomic E-state index is 0.0166. The lowest BCUT2D eigenvalue weighted by Crippen LogP contribution is -2.25. The van der Waals surface area contributed by atoms with Gasteiger partial charge in [-0.3, -0.25) is 0 Å². The van der Waals surface area contributed by atoms with Crippen LogP contribution in [0.5, 0.6) is 5.75 Å². The molecule has 150 valence electrons. The number of hydrogen-bond acceptors (Lipinski definition) is 8. The fourth-order valence-corrected chi connectivity index (χ4v) is 3.56. The lowest BCUT2D eigenvalue weighted by atomic mass is 10.2. The second-order valence-corrected chi connectivity index (χ2v) is 7.07. The Balaban J connectivity index is 1.87. The summed E-state index contributed by atoms with van der Waals surface area (Å²) >= 11 is 1.58. The summed E-state index contributed by atoms with van der Waals surface area (Å²) in [4.78, 5) is 11.5. The molecule has 1 aromatic carbocycles. The molecule has 0 saturated carbocycles. The zero-order valence-electron chi connectivity index (χ0n) is 16.1. The highest BCUT2D eigenvalue weighted by molar-refractivity contribution is 7.99. The van der Waals surface area contributed by atoms with Crippen LogP contribution in [0.3, 0.4) is 0 Å². The van der Waals surface area contributed by atoms with E-state index in [1.54, 1.807) is 28.5 Å². The Labute approximate surface area is 167 Å². The van der Waals surface area contributed by atoms with Crippen LogP contribution in [0.1, 0.15) is 13.8 Å². The maximum atomic E-state index is 13.7. The molecule has 0 aliphatic rings. The molecule has 0 spiro atoms. The van der Waals surface area contributed by atoms with E-state index < -0.39 is 5.82 Å². The standard InChI is InChI=1S/C18H24FN7OS/c1-4-25(5-2)8-9-28-18-23-16-6-7-21-26(16)17(24-18)22-14-11-13(20)12(19)10-15(14)27-3/h6-7,10-11H,4-5,8-9,20H2,1-3H3,(H,22,23,24). The van der Waals surface area contributed by atoms with Gasteiger partial charge in [0.15, 0.2) is 10.8 Å². The summed E-state index contributed by atoms with van der Waals surface area (Å²) in [6.45, 7) is 7.27. The number of nitrogens with zero attached hydrogens (tertiary/aromatic N) is 5. The van der Waals surface area contributed by atoms with Gasteiger partial charge in [0.2, 0.25) is 5.95 Å². The monoisotopic (exact) mass is 405 g/mol. The van der Waals surface area contributed by atoms with Crippen molar-refractivity contribution in [2.75, 3.05) is 43.5 Å². The molecule has 0 atom stereocenters. The molecule has 0 radical (unpaired) electrons. The van der Waals surface area contributed by atoms with E-state index >= 15 is 0 Å². The van der Waals surface area contributed by atoms with Crippen LogP contribution >= 0.6 is 11.8 Å². The SMILES string of the molecule is CCN(CC)CCSc1nc(Nc2cc(N)c(F)cc2OC)n2nccc2n1. The maximum Gasteiger partial charge on any atom is 0.233 e. The van der Waals surface area contributed by atoms with Crippen LogP contribution in [0.4, 0.5) is 21.7 Å². The normalized spacial score (nSPS) is 11.3. The van der Waals surface area contributed by atoms with Crippen molar-refractivity contribution in [3.63, 3.8) is 0 Å². The maximum absolute atomic E-state index is 13.7. The third-order valence-electron chi connectivity index (χ3n) is 4.33. The molecular weight excluding hydrogens is 381 g/mol. The Morgan fingerprint density at radius 3 is 2.79 bits per heavy atom. The van der Waals surface area contributed by atoms with Gasteiger partial charge in [-0.25, -0.2) is 9.37 Å². The van der Waals surface area contributed by atoms with Crippen LogP contribution in [-0.4, -0.2) is 57.0 Å². The number of nitrogens with one attached hydrogen (secondary N) is 1. The fourth-order valence-electron chi connectivity index (χ4n) is 2.72. The van der Waals surface area contributed by atoms with Crippen molar-refractivity contribution in [3.05, 3.63) is 30.2 Å². The molecule has 0 amide bonds. The first-order chi connectivity index (χ1) is 13.5. The van der Waals surface area contributed by atoms with Crippen molar-refractivity contribution in [2.24, 2.45) is 0 Å². The van der Waals surface area contributed by atoms with E-state index in [1.165, 1.54) is 19.2 Å². The Bertz CT molecular complexity index is 945. The number of thioether (sulfide) groups is 1. The summed E-state index contributed by atoms with van der Waals surface area (Å²) in [5.74, 6) is 1.10. The van der Waals surface area contributed by atoms with Crippen LogP contribution in [0.25, 0.3) is 5.65 Å². The zero-order chi connectivity index (χ0) is 20.1. The van der Waals surface area contributed by atoms with Crippen LogP contribution in [0.15, 0.2) is 29.6 Å². The Kier molecular flexibility index (Phi) is 6.53. The molecule has 3 rings (SSSR count). The molecule has 3 N–H and O–H groups in total. The van der Waals surface area contributed by atoms with E-state index in [4.69, 9.17) is 10.5 Å². The highest BCUT2D eigenvalue weighted by atomic mass is 32.2. The minimum atomic E-state index is -0.540. The van der Waals surface area contributed by atoms with Crippen LogP contribution in [0.2, 0.25) is 0 Å². The van der Waals surface area contributed by atoms with Gasteiger partial charge in [-0.05, 0) is 19.2 Å². The largest absolute Gasteiger partial charge is 0.494 e. The zero-order valence-corrected chi connectivity index (χ0v) is 17.0. The summed E-state index contributed by atoms with van der Waals surface area (Å²) in [6.07, 6.45) is 1.65. The van der Waals surface area contributed by atoms with E-state index in [0.717, 1.165) is 25.4 Å². The molecular formula is C18H24FN7OS. The van der Waals surface area contributed by atoms with Gasteiger partial charge in [-0.15, -0.1) is 0 Å². The number of nitrogen functional groups attached to an aromatic ring is 1. The second kappa shape index (κ2) is 9.07. The number of anilines is 3. The summed E-state index contributed by atoms with van der Waals surface area (Å²) < 4.78 is 20.6. The number of benzene rings is 1. The van der Waals surface area contributed by atoms with E-state index in [-0.39, 0.29) is 5.69 Å². The second-order valence-electron chi connectivity index (χ2n) is 6.01. The van der Waals surface area contributed by atoms with Crippen molar-refractivity contribution in [3.8, 4) is 5.75 Å². The topological polar surface area (TPSA) is 93.6 Å². The van der Waals surface area contributed by atoms with Gasteiger partial charge in [0, 0.05) is 24.4 Å². The fraction of sp³-hybridized carbons (Fsp3) is 0.389. The number of ether oxygens (including phenoxy) is 1. The van der Waals surface area contributed by atoms with Crippen molar-refractivity contribution in [1.29, 1.82) is 0 Å². The molecule has 0 fully saturated rings. The van der Waals surface area contributed by atoms with Gasteiger partial charge < -0.3 is 20.7 Å². The predicted molar refractivity (Wildman–Crippen MR) is 110 cm³/mol. The van der Waals surface area contributed by atoms with E-state index in [1.807, 2.05) is 0 Å². The summed E-state index contributed by atoms with van der Waals surface area (Å²) in [5, 5.41) is 8.02. The first kappa shape index (κ1) is 20.2. The van der Waals surface area contributed by atoms with Gasteiger partial charge in [-0.1, -0.05) is 25.6 Å². The molecule has 0 saturated heterocycles. The number of nitrogens with two attached hydrogens (primary N) is 1. The summed E-state index contributed by atoms with van der Waals surface area (Å²) in [6, 6.07) is 4.51. The van der Waals surface area contributed by atoms with Gasteiger partial charge in [-0.2, -0.15) is 14.6 Å².